The molecule has 2 heterocycles. The second-order valence-corrected chi connectivity index (χ2v) is 4.39. The molecule has 0 unspecified atom stereocenters. The Hall–Kier alpha value is -1.33. The third kappa shape index (κ3) is 2.04. The van der Waals surface area contributed by atoms with Gasteiger partial charge in [0, 0.05) is 19.6 Å². The highest BCUT2D eigenvalue weighted by molar-refractivity contribution is 6.36. The molecule has 1 fully saturated rings. The first-order valence-electron chi connectivity index (χ1n) is 5.89. The minimum atomic E-state index is 0.239. The Bertz CT molecular complexity index is 464. The summed E-state index contributed by atoms with van der Waals surface area (Å²) in [5.74, 6) is 0.725. The molecule has 2 rings (SSSR count). The maximum atomic E-state index is 11.2. The van der Waals surface area contributed by atoms with Crippen LogP contribution >= 0.6 is 11.6 Å². The van der Waals surface area contributed by atoms with Crippen LogP contribution in [0.5, 0.6) is 0 Å². The molecule has 1 saturated heterocycles. The number of nitrogens with zero attached hydrogens (tertiary/aromatic N) is 2. The van der Waals surface area contributed by atoms with E-state index < -0.39 is 0 Å². The number of hydrogen-bond acceptors (Lipinski definition) is 4. The molecule has 0 aromatic carbocycles. The SMILES string of the molecule is CCn1c(C=O)c(Cl)c(C=O)c1N1CCOCC1. The van der Waals surface area contributed by atoms with Gasteiger partial charge in [0.2, 0.25) is 0 Å². The number of hydrogen-bond donors (Lipinski definition) is 0. The molecule has 1 aromatic heterocycles. The summed E-state index contributed by atoms with van der Waals surface area (Å²) in [5, 5.41) is 0.239. The Kier molecular flexibility index (Phi) is 4.04. The summed E-state index contributed by atoms with van der Waals surface area (Å²) < 4.78 is 7.07. The lowest BCUT2D eigenvalue weighted by Gasteiger charge is -2.30. The van der Waals surface area contributed by atoms with E-state index in [1.807, 2.05) is 11.8 Å². The molecule has 0 aliphatic carbocycles. The molecule has 0 amide bonds. The van der Waals surface area contributed by atoms with E-state index in [0.29, 0.717) is 56.7 Å². The van der Waals surface area contributed by atoms with Gasteiger partial charge in [0.25, 0.3) is 0 Å². The van der Waals surface area contributed by atoms with E-state index in [4.69, 9.17) is 16.3 Å². The van der Waals surface area contributed by atoms with Gasteiger partial charge in [0.15, 0.2) is 12.6 Å². The number of halogens is 1. The van der Waals surface area contributed by atoms with Crippen LogP contribution in [0.15, 0.2) is 0 Å². The monoisotopic (exact) mass is 270 g/mol. The Labute approximate surface area is 110 Å². The summed E-state index contributed by atoms with van der Waals surface area (Å²) in [4.78, 5) is 24.4. The largest absolute Gasteiger partial charge is 0.378 e. The van der Waals surface area contributed by atoms with E-state index in [-0.39, 0.29) is 5.02 Å². The average Bonchev–Trinajstić information content (AvgIpc) is 2.70. The van der Waals surface area contributed by atoms with E-state index in [0.717, 1.165) is 5.82 Å². The van der Waals surface area contributed by atoms with Gasteiger partial charge in [-0.05, 0) is 6.92 Å². The van der Waals surface area contributed by atoms with Crippen LogP contribution in [0.4, 0.5) is 5.82 Å². The molecule has 0 spiro atoms. The van der Waals surface area contributed by atoms with Crippen LogP contribution < -0.4 is 4.90 Å². The minimum Gasteiger partial charge on any atom is -0.378 e. The van der Waals surface area contributed by atoms with Crippen LogP contribution in [0.2, 0.25) is 5.02 Å². The summed E-state index contributed by atoms with van der Waals surface area (Å²) in [7, 11) is 0. The zero-order valence-electron chi connectivity index (χ0n) is 10.2. The van der Waals surface area contributed by atoms with E-state index in [2.05, 4.69) is 0 Å². The standard InChI is InChI=1S/C12H15ClN2O3/c1-2-15-10(8-17)11(13)9(7-16)12(15)14-3-5-18-6-4-14/h7-8H,2-6H2,1H3. The third-order valence-corrected chi connectivity index (χ3v) is 3.50. The first-order chi connectivity index (χ1) is 8.74. The van der Waals surface area contributed by atoms with Gasteiger partial charge in [-0.1, -0.05) is 11.6 Å². The van der Waals surface area contributed by atoms with Crippen LogP contribution in [0.3, 0.4) is 0 Å². The number of aldehydes is 2. The van der Waals surface area contributed by atoms with Crippen molar-refractivity contribution in [2.45, 2.75) is 13.5 Å². The van der Waals surface area contributed by atoms with Crippen LogP contribution in [-0.4, -0.2) is 43.4 Å². The molecular formula is C12H15ClN2O3. The van der Waals surface area contributed by atoms with Gasteiger partial charge < -0.3 is 14.2 Å². The highest BCUT2D eigenvalue weighted by Crippen LogP contribution is 2.32. The Morgan fingerprint density at radius 2 is 1.94 bits per heavy atom. The van der Waals surface area contributed by atoms with E-state index in [9.17, 15) is 9.59 Å². The fourth-order valence-electron chi connectivity index (χ4n) is 2.27. The molecule has 5 nitrogen and oxygen atoms in total. The van der Waals surface area contributed by atoms with E-state index in [1.165, 1.54) is 0 Å². The molecule has 0 bridgehead atoms. The topological polar surface area (TPSA) is 51.5 Å². The molecule has 0 radical (unpaired) electrons. The Morgan fingerprint density at radius 1 is 1.28 bits per heavy atom. The van der Waals surface area contributed by atoms with Crippen molar-refractivity contribution in [3.8, 4) is 0 Å². The molecule has 6 heteroatoms. The highest BCUT2D eigenvalue weighted by Gasteiger charge is 2.25. The average molecular weight is 271 g/mol. The smallest absolute Gasteiger partial charge is 0.168 e. The van der Waals surface area contributed by atoms with Crippen molar-refractivity contribution in [3.05, 3.63) is 16.3 Å². The Morgan fingerprint density at radius 3 is 2.44 bits per heavy atom. The molecule has 98 valence electrons. The van der Waals surface area contributed by atoms with Crippen molar-refractivity contribution < 1.29 is 14.3 Å². The van der Waals surface area contributed by atoms with Crippen molar-refractivity contribution in [1.82, 2.24) is 4.57 Å². The zero-order valence-corrected chi connectivity index (χ0v) is 10.9. The van der Waals surface area contributed by atoms with Crippen molar-refractivity contribution in [1.29, 1.82) is 0 Å². The second kappa shape index (κ2) is 5.54. The summed E-state index contributed by atoms with van der Waals surface area (Å²) in [6.07, 6.45) is 1.41. The van der Waals surface area contributed by atoms with Crippen LogP contribution in [0.25, 0.3) is 0 Å². The third-order valence-electron chi connectivity index (χ3n) is 3.11. The number of ether oxygens (including phenoxy) is 1. The van der Waals surface area contributed by atoms with Crippen molar-refractivity contribution >= 4 is 30.0 Å². The van der Waals surface area contributed by atoms with Gasteiger partial charge in [-0.2, -0.15) is 0 Å². The maximum absolute atomic E-state index is 11.2. The number of morpholine rings is 1. The van der Waals surface area contributed by atoms with Gasteiger partial charge in [0.05, 0.1) is 23.8 Å². The normalized spacial score (nSPS) is 15.8. The molecule has 0 N–H and O–H groups in total. The molecule has 0 saturated carbocycles. The minimum absolute atomic E-state index is 0.239. The van der Waals surface area contributed by atoms with Gasteiger partial charge >= 0.3 is 0 Å². The summed E-state index contributed by atoms with van der Waals surface area (Å²) in [5.41, 5.74) is 0.755. The van der Waals surface area contributed by atoms with Crippen molar-refractivity contribution in [2.75, 3.05) is 31.2 Å². The first kappa shape index (κ1) is 13.1. The summed E-state index contributed by atoms with van der Waals surface area (Å²) in [6.45, 7) is 5.12. The number of carbonyl (C=O) groups excluding carboxylic acids is 2. The molecular weight excluding hydrogens is 256 g/mol. The predicted octanol–water partition coefficient (Wildman–Crippen LogP) is 1.62. The second-order valence-electron chi connectivity index (χ2n) is 4.02. The van der Waals surface area contributed by atoms with Crippen molar-refractivity contribution in [2.24, 2.45) is 0 Å². The predicted molar refractivity (Wildman–Crippen MR) is 68.9 cm³/mol. The fraction of sp³-hybridized carbons (Fsp3) is 0.500. The molecule has 1 aromatic rings. The lowest BCUT2D eigenvalue weighted by atomic mass is 10.3. The number of carbonyl (C=O) groups is 2. The fourth-order valence-corrected chi connectivity index (χ4v) is 2.55. The maximum Gasteiger partial charge on any atom is 0.168 e. The summed E-state index contributed by atoms with van der Waals surface area (Å²) >= 11 is 6.09. The van der Waals surface area contributed by atoms with Gasteiger partial charge in [0.1, 0.15) is 11.5 Å². The Balaban J connectivity index is 2.55. The number of anilines is 1. The van der Waals surface area contributed by atoms with Gasteiger partial charge in [-0.25, -0.2) is 0 Å². The number of aromatic nitrogens is 1. The highest BCUT2D eigenvalue weighted by atomic mass is 35.5. The lowest BCUT2D eigenvalue weighted by molar-refractivity contribution is 0.111. The molecule has 1 aliphatic rings. The molecule has 0 atom stereocenters. The quantitative estimate of drug-likeness (QED) is 0.780. The first-order valence-corrected chi connectivity index (χ1v) is 6.27. The van der Waals surface area contributed by atoms with Crippen molar-refractivity contribution in [3.63, 3.8) is 0 Å². The van der Waals surface area contributed by atoms with Crippen LogP contribution in [-0.2, 0) is 11.3 Å². The summed E-state index contributed by atoms with van der Waals surface area (Å²) in [6, 6.07) is 0. The lowest BCUT2D eigenvalue weighted by Crippen LogP contribution is -2.38. The van der Waals surface area contributed by atoms with Crippen LogP contribution in [0, 0.1) is 0 Å². The van der Waals surface area contributed by atoms with E-state index >= 15 is 0 Å². The molecule has 1 aliphatic heterocycles. The van der Waals surface area contributed by atoms with Gasteiger partial charge in [-0.15, -0.1) is 0 Å². The van der Waals surface area contributed by atoms with Crippen LogP contribution in [0.1, 0.15) is 27.8 Å². The number of rotatable bonds is 4. The zero-order chi connectivity index (χ0) is 13.1. The van der Waals surface area contributed by atoms with E-state index in [1.54, 1.807) is 4.57 Å². The molecule has 18 heavy (non-hydrogen) atoms. The van der Waals surface area contributed by atoms with Gasteiger partial charge in [-0.3, -0.25) is 9.59 Å².